The molecule has 0 saturated carbocycles. The Kier molecular flexibility index (Phi) is 6.96. The summed E-state index contributed by atoms with van der Waals surface area (Å²) in [6.07, 6.45) is -15.9. The zero-order valence-corrected chi connectivity index (χ0v) is 14.9. The van der Waals surface area contributed by atoms with Gasteiger partial charge in [0.1, 0.15) is 50.2 Å². The lowest BCUT2D eigenvalue weighted by Crippen LogP contribution is -2.71. The van der Waals surface area contributed by atoms with Gasteiger partial charge in [0, 0.05) is 0 Å². The number of hydrogen-bond acceptors (Lipinski definition) is 13. The molecular formula is C15H27NO12. The molecular weight excluding hydrogens is 386 g/mol. The summed E-state index contributed by atoms with van der Waals surface area (Å²) < 4.78 is 22.5. The molecule has 13 heteroatoms. The summed E-state index contributed by atoms with van der Waals surface area (Å²) in [4.78, 5) is 12.3. The monoisotopic (exact) mass is 414 g/mol. The Bertz CT molecular complexity index is 567. The van der Waals surface area contributed by atoms with Gasteiger partial charge < -0.3 is 60.8 Å². The highest BCUT2D eigenvalue weighted by Crippen LogP contribution is 2.33. The van der Waals surface area contributed by atoms with E-state index in [0.717, 1.165) is 0 Å². The molecule has 0 spiro atoms. The molecule has 2 saturated heterocycles. The van der Waals surface area contributed by atoms with Gasteiger partial charge in [0.15, 0.2) is 6.29 Å². The zero-order chi connectivity index (χ0) is 22.1. The second kappa shape index (κ2) is 8.91. The lowest BCUT2D eigenvalue weighted by molar-refractivity contribution is -0.372. The first-order valence-electron chi connectivity index (χ1n) is 9.08. The third kappa shape index (κ3) is 4.07. The van der Waals surface area contributed by atoms with Crippen LogP contribution in [0.5, 0.6) is 0 Å². The fourth-order valence-electron chi connectivity index (χ4n) is 3.16. The molecule has 2 aliphatic rings. The predicted molar refractivity (Wildman–Crippen MR) is 86.2 cm³/mol. The van der Waals surface area contributed by atoms with Gasteiger partial charge in [-0.25, -0.2) is 0 Å². The van der Waals surface area contributed by atoms with Crippen molar-refractivity contribution < 1.29 is 61.3 Å². The Balaban J connectivity index is 2.23. The van der Waals surface area contributed by atoms with E-state index in [4.69, 9.17) is 15.6 Å². The fraction of sp³-hybridized carbons (Fsp3) is 0.933. The number of carbonyl (C=O) groups excluding carboxylic acids is 1. The number of rotatable bonds is 7. The second-order valence-corrected chi connectivity index (χ2v) is 6.85. The Morgan fingerprint density at radius 1 is 1.11 bits per heavy atom. The van der Waals surface area contributed by atoms with E-state index in [9.17, 15) is 45.6 Å². The van der Waals surface area contributed by atoms with Crippen LogP contribution in [0, 0.1) is 0 Å². The van der Waals surface area contributed by atoms with Crippen LogP contribution in [0.4, 0.5) is 0 Å². The molecule has 1 unspecified atom stereocenters. The van der Waals surface area contributed by atoms with Gasteiger partial charge in [-0.05, 0) is 6.92 Å². The lowest BCUT2D eigenvalue weighted by atomic mass is 9.88. The number of aliphatic hydroxyl groups excluding tert-OH is 7. The molecule has 0 amide bonds. The van der Waals surface area contributed by atoms with Crippen LogP contribution in [-0.4, -0.2) is 127 Å². The number of carbonyl (C=O) groups is 1. The predicted octanol–water partition coefficient (Wildman–Crippen LogP) is -6.11. The van der Waals surface area contributed by atoms with Crippen molar-refractivity contribution in [1.82, 2.24) is 0 Å². The summed E-state index contributed by atoms with van der Waals surface area (Å²) >= 11 is 0. The summed E-state index contributed by atoms with van der Waals surface area (Å²) in [7, 11) is 0. The molecule has 0 aromatic heterocycles. The standard InChI is InChI=1S/C15H27NO12/c1-4(16)12(23)15(25)13(24)10(22)11(6(3-18)28-15)27-14-9(21)8(20)7(19)5(2-17)26-14/h4-11,13-14,17-22,24-25H,2-3,16H2,1H3/t4-,5+,6+,7-,8-,9+,10-,11+,13+,14-,15?/m0/s1/i/hD. The molecule has 2 heterocycles. The van der Waals surface area contributed by atoms with Gasteiger partial charge in [-0.1, -0.05) is 0 Å². The maximum atomic E-state index is 12.3. The summed E-state index contributed by atoms with van der Waals surface area (Å²) in [6.45, 7) is -0.461. The van der Waals surface area contributed by atoms with E-state index in [1.54, 1.807) is 5.73 Å². The number of ketones is 1. The maximum absolute atomic E-state index is 12.3. The number of aliphatic hydroxyl groups is 8. The molecule has 0 radical (unpaired) electrons. The minimum absolute atomic E-state index is 0.743. The van der Waals surface area contributed by atoms with E-state index in [-0.39, 0.29) is 0 Å². The highest BCUT2D eigenvalue weighted by Gasteiger charge is 2.59. The normalized spacial score (nSPS) is 48.8. The van der Waals surface area contributed by atoms with Gasteiger partial charge in [-0.2, -0.15) is 0 Å². The van der Waals surface area contributed by atoms with Crippen molar-refractivity contribution in [3.63, 3.8) is 0 Å². The first-order valence-corrected chi connectivity index (χ1v) is 8.58. The SMILES string of the molecule is [2H]N[C@@H](C)C(=O)C1(O)O[C@H](CO)[C@@H](O[C@@H]2O[C@H](CO)[C@H](O)[C@H](O)[C@H]2O)[C@H](O)[C@H]1O. The highest BCUT2D eigenvalue weighted by molar-refractivity contribution is 5.90. The van der Waals surface area contributed by atoms with Crippen molar-refractivity contribution in [2.24, 2.45) is 5.73 Å². The molecule has 164 valence electrons. The van der Waals surface area contributed by atoms with Crippen LogP contribution >= 0.6 is 0 Å². The van der Waals surface area contributed by atoms with E-state index in [1.807, 2.05) is 0 Å². The van der Waals surface area contributed by atoms with Crippen molar-refractivity contribution >= 4 is 5.78 Å². The number of nitrogens with two attached hydrogens (primary N) is 1. The first kappa shape index (κ1) is 21.9. The van der Waals surface area contributed by atoms with Gasteiger partial charge in [-0.15, -0.1) is 0 Å². The smallest absolute Gasteiger partial charge is 0.258 e. The Hall–Kier alpha value is -0.810. The first-order chi connectivity index (χ1) is 13.5. The van der Waals surface area contributed by atoms with Crippen molar-refractivity contribution in [2.75, 3.05) is 13.2 Å². The molecule has 0 aromatic carbocycles. The van der Waals surface area contributed by atoms with E-state index < -0.39 is 85.9 Å². The summed E-state index contributed by atoms with van der Waals surface area (Å²) in [6, 6.07) is -1.30. The Labute approximate surface area is 160 Å². The van der Waals surface area contributed by atoms with E-state index in [0.29, 0.717) is 0 Å². The molecule has 0 aromatic rings. The van der Waals surface area contributed by atoms with Gasteiger partial charge in [0.05, 0.1) is 19.3 Å². The average molecular weight is 414 g/mol. The molecule has 10 N–H and O–H groups in total. The highest BCUT2D eigenvalue weighted by atomic mass is 16.7. The van der Waals surface area contributed by atoms with E-state index in [1.165, 1.54) is 6.92 Å². The molecule has 2 fully saturated rings. The molecule has 2 rings (SSSR count). The fourth-order valence-corrected chi connectivity index (χ4v) is 3.16. The minimum Gasteiger partial charge on any atom is -0.394 e. The van der Waals surface area contributed by atoms with Crippen molar-refractivity contribution in [3.8, 4) is 0 Å². The third-order valence-corrected chi connectivity index (χ3v) is 4.82. The zero-order valence-electron chi connectivity index (χ0n) is 15.9. The van der Waals surface area contributed by atoms with Gasteiger partial charge in [0.2, 0.25) is 5.78 Å². The summed E-state index contributed by atoms with van der Waals surface area (Å²) in [5, 5.41) is 79.5. The molecule has 11 atom stereocenters. The van der Waals surface area contributed by atoms with Crippen LogP contribution in [0.1, 0.15) is 6.92 Å². The van der Waals surface area contributed by atoms with Crippen LogP contribution in [0.3, 0.4) is 0 Å². The Morgan fingerprint density at radius 2 is 1.71 bits per heavy atom. The quantitative estimate of drug-likeness (QED) is 0.189. The second-order valence-electron chi connectivity index (χ2n) is 6.85. The minimum atomic E-state index is -2.98. The number of hydrogen-bond donors (Lipinski definition) is 9. The van der Waals surface area contributed by atoms with Crippen molar-refractivity contribution in [3.05, 3.63) is 0 Å². The van der Waals surface area contributed by atoms with Crippen molar-refractivity contribution in [2.45, 2.75) is 73.9 Å². The van der Waals surface area contributed by atoms with E-state index >= 15 is 0 Å². The Morgan fingerprint density at radius 3 is 2.25 bits per heavy atom. The largest absolute Gasteiger partial charge is 0.394 e. The lowest BCUT2D eigenvalue weighted by Gasteiger charge is -2.48. The van der Waals surface area contributed by atoms with Crippen LogP contribution < -0.4 is 5.73 Å². The van der Waals surface area contributed by atoms with Crippen LogP contribution in [-0.2, 0) is 19.0 Å². The number of Topliss-reactive ketones (excluding diaryl/α,β-unsaturated/α-hetero) is 1. The molecule has 0 aliphatic carbocycles. The topological polar surface area (TPSA) is 233 Å². The van der Waals surface area contributed by atoms with Crippen LogP contribution in [0.2, 0.25) is 1.41 Å². The van der Waals surface area contributed by atoms with Gasteiger partial charge in [-0.3, -0.25) is 4.79 Å². The molecule has 2 aliphatic heterocycles. The third-order valence-electron chi connectivity index (χ3n) is 4.82. The summed E-state index contributed by atoms with van der Waals surface area (Å²) in [5.74, 6) is -4.17. The maximum Gasteiger partial charge on any atom is 0.258 e. The van der Waals surface area contributed by atoms with Crippen LogP contribution in [0.15, 0.2) is 0 Å². The molecule has 13 nitrogen and oxygen atoms in total. The number of ether oxygens (including phenoxy) is 3. The van der Waals surface area contributed by atoms with Gasteiger partial charge in [0.25, 0.3) is 5.79 Å². The molecule has 0 bridgehead atoms. The average Bonchev–Trinajstić information content (AvgIpc) is 2.72. The molecule has 28 heavy (non-hydrogen) atoms. The summed E-state index contributed by atoms with van der Waals surface area (Å²) in [5.41, 5.74) is 1.80. The van der Waals surface area contributed by atoms with Gasteiger partial charge >= 0.3 is 0 Å². The van der Waals surface area contributed by atoms with Crippen LogP contribution in [0.25, 0.3) is 0 Å². The van der Waals surface area contributed by atoms with Crippen molar-refractivity contribution in [1.29, 1.82) is 0 Å². The van der Waals surface area contributed by atoms with E-state index in [2.05, 4.69) is 0 Å².